The van der Waals surface area contributed by atoms with Crippen molar-refractivity contribution in [3.63, 3.8) is 0 Å². The first-order valence-corrected chi connectivity index (χ1v) is 17.3. The number of benzene rings is 6. The third kappa shape index (κ3) is 8.82. The smallest absolute Gasteiger partial charge is 0.314 e. The SMILES string of the molecule is FC(F)(Cc1cccc2cc3ccccc3nc12)C(F)(F)Cc1cccc2cc3ccccc3nc12.NC(=O)c1cccc(N)c1.NC(=O)c1cccc(N)c1. The normalized spacial score (nSPS) is 11.4. The predicted molar refractivity (Wildman–Crippen MR) is 215 cm³/mol. The van der Waals surface area contributed by atoms with Crippen molar-refractivity contribution in [3.8, 4) is 0 Å². The number of primary amides is 2. The number of rotatable bonds is 7. The molecule has 0 radical (unpaired) electrons. The molecule has 8 aromatic rings. The molecule has 2 heterocycles. The summed E-state index contributed by atoms with van der Waals surface area (Å²) in [5.74, 6) is -9.50. The molecule has 8 N–H and O–H groups in total. The van der Waals surface area contributed by atoms with E-state index in [4.69, 9.17) is 22.9 Å². The lowest BCUT2D eigenvalue weighted by Crippen LogP contribution is -2.44. The van der Waals surface area contributed by atoms with E-state index in [1.54, 1.807) is 97.1 Å². The zero-order valence-electron chi connectivity index (χ0n) is 29.8. The molecule has 0 spiro atoms. The summed E-state index contributed by atoms with van der Waals surface area (Å²) < 4.78 is 61.1. The molecule has 0 bridgehead atoms. The van der Waals surface area contributed by atoms with Crippen LogP contribution in [0.3, 0.4) is 0 Å². The van der Waals surface area contributed by atoms with Crippen LogP contribution in [0.1, 0.15) is 31.8 Å². The third-order valence-corrected chi connectivity index (χ3v) is 8.96. The number of pyridine rings is 2. The van der Waals surface area contributed by atoms with Crippen molar-refractivity contribution in [3.05, 3.63) is 168 Å². The molecule has 2 aromatic heterocycles. The number of hydrogen-bond acceptors (Lipinski definition) is 6. The average Bonchev–Trinajstić information content (AvgIpc) is 3.17. The van der Waals surface area contributed by atoms with Gasteiger partial charge in [-0.05, 0) is 71.8 Å². The first kappa shape index (κ1) is 38.6. The fourth-order valence-electron chi connectivity index (χ4n) is 6.13. The quantitative estimate of drug-likeness (QED) is 0.0721. The predicted octanol–water partition coefficient (Wildman–Crippen LogP) is 8.88. The molecule has 0 aliphatic carbocycles. The molecule has 12 heteroatoms. The fourth-order valence-corrected chi connectivity index (χ4v) is 6.13. The highest BCUT2D eigenvalue weighted by atomic mass is 19.3. The Kier molecular flexibility index (Phi) is 11.1. The number of hydrogen-bond donors (Lipinski definition) is 4. The summed E-state index contributed by atoms with van der Waals surface area (Å²) in [6.45, 7) is 0. The molecule has 0 saturated heterocycles. The molecular formula is C44H36F4N6O2. The van der Waals surface area contributed by atoms with Gasteiger partial charge in [0.25, 0.3) is 0 Å². The number of aromatic nitrogens is 2. The average molecular weight is 757 g/mol. The Hall–Kier alpha value is -7.08. The number of para-hydroxylation sites is 4. The van der Waals surface area contributed by atoms with Gasteiger partial charge >= 0.3 is 11.8 Å². The maximum atomic E-state index is 15.3. The van der Waals surface area contributed by atoms with Gasteiger partial charge in [0.15, 0.2) is 0 Å². The van der Waals surface area contributed by atoms with Crippen LogP contribution in [0.5, 0.6) is 0 Å². The molecule has 56 heavy (non-hydrogen) atoms. The van der Waals surface area contributed by atoms with Crippen molar-refractivity contribution in [1.82, 2.24) is 9.97 Å². The fraction of sp³-hybridized carbons (Fsp3) is 0.0909. The summed E-state index contributed by atoms with van der Waals surface area (Å²) in [6.07, 6.45) is -2.24. The number of anilines is 2. The second-order valence-electron chi connectivity index (χ2n) is 13.1. The molecule has 6 aromatic carbocycles. The minimum Gasteiger partial charge on any atom is -0.399 e. The van der Waals surface area contributed by atoms with Gasteiger partial charge in [-0.1, -0.05) is 84.9 Å². The Balaban J connectivity index is 0.000000217. The van der Waals surface area contributed by atoms with Gasteiger partial charge in [0.2, 0.25) is 11.8 Å². The Morgan fingerprint density at radius 1 is 0.464 bits per heavy atom. The second kappa shape index (κ2) is 16.1. The van der Waals surface area contributed by atoms with E-state index in [1.807, 2.05) is 36.4 Å². The van der Waals surface area contributed by atoms with Gasteiger partial charge in [0, 0.05) is 56.9 Å². The Morgan fingerprint density at radius 3 is 1.18 bits per heavy atom. The van der Waals surface area contributed by atoms with Crippen LogP contribution in [0.2, 0.25) is 0 Å². The van der Waals surface area contributed by atoms with Crippen LogP contribution >= 0.6 is 0 Å². The first-order valence-electron chi connectivity index (χ1n) is 17.3. The number of nitrogen functional groups attached to an aromatic ring is 2. The zero-order valence-corrected chi connectivity index (χ0v) is 29.8. The highest BCUT2D eigenvalue weighted by Crippen LogP contribution is 2.41. The molecule has 0 atom stereocenters. The van der Waals surface area contributed by atoms with E-state index in [2.05, 4.69) is 9.97 Å². The minimum atomic E-state index is -4.30. The summed E-state index contributed by atoms with van der Waals surface area (Å²) in [5.41, 5.74) is 24.8. The molecule has 8 rings (SSSR count). The molecule has 0 unspecified atom stereocenters. The van der Waals surface area contributed by atoms with Crippen LogP contribution < -0.4 is 22.9 Å². The van der Waals surface area contributed by atoms with E-state index in [-0.39, 0.29) is 11.1 Å². The van der Waals surface area contributed by atoms with Crippen molar-refractivity contribution in [1.29, 1.82) is 0 Å². The lowest BCUT2D eigenvalue weighted by Gasteiger charge is -2.27. The number of carbonyl (C=O) groups is 2. The van der Waals surface area contributed by atoms with Crippen molar-refractivity contribution in [2.75, 3.05) is 11.5 Å². The largest absolute Gasteiger partial charge is 0.399 e. The highest BCUT2D eigenvalue weighted by molar-refractivity contribution is 5.96. The molecule has 0 saturated carbocycles. The monoisotopic (exact) mass is 756 g/mol. The molecule has 0 aliphatic rings. The summed E-state index contributed by atoms with van der Waals surface area (Å²) in [4.78, 5) is 30.1. The number of amides is 2. The van der Waals surface area contributed by atoms with Gasteiger partial charge in [0.05, 0.1) is 22.1 Å². The molecule has 0 aliphatic heterocycles. The molecule has 8 nitrogen and oxygen atoms in total. The number of nitrogens with two attached hydrogens (primary N) is 4. The minimum absolute atomic E-state index is 0.0879. The van der Waals surface area contributed by atoms with Gasteiger partial charge in [-0.25, -0.2) is 9.97 Å². The van der Waals surface area contributed by atoms with Crippen LogP contribution in [-0.4, -0.2) is 33.6 Å². The van der Waals surface area contributed by atoms with E-state index >= 15 is 17.6 Å². The lowest BCUT2D eigenvalue weighted by molar-refractivity contribution is -0.206. The van der Waals surface area contributed by atoms with Crippen molar-refractivity contribution in [2.45, 2.75) is 24.7 Å². The molecular weight excluding hydrogens is 721 g/mol. The maximum Gasteiger partial charge on any atom is 0.314 e. The van der Waals surface area contributed by atoms with E-state index in [0.717, 1.165) is 10.8 Å². The van der Waals surface area contributed by atoms with Gasteiger partial charge in [-0.15, -0.1) is 0 Å². The van der Waals surface area contributed by atoms with Crippen molar-refractivity contribution >= 4 is 66.8 Å². The van der Waals surface area contributed by atoms with Gasteiger partial charge in [-0.3, -0.25) is 9.59 Å². The molecule has 2 amide bonds. The van der Waals surface area contributed by atoms with Crippen LogP contribution in [0, 0.1) is 0 Å². The van der Waals surface area contributed by atoms with Crippen LogP contribution in [0.4, 0.5) is 28.9 Å². The van der Waals surface area contributed by atoms with Crippen LogP contribution in [-0.2, 0) is 12.8 Å². The van der Waals surface area contributed by atoms with Crippen LogP contribution in [0.25, 0.3) is 43.6 Å². The van der Waals surface area contributed by atoms with Gasteiger partial charge in [0.1, 0.15) is 0 Å². The first-order chi connectivity index (χ1) is 26.7. The summed E-state index contributed by atoms with van der Waals surface area (Å²) in [7, 11) is 0. The second-order valence-corrected chi connectivity index (χ2v) is 13.1. The van der Waals surface area contributed by atoms with Crippen molar-refractivity contribution in [2.24, 2.45) is 11.5 Å². The zero-order chi connectivity index (χ0) is 40.0. The Morgan fingerprint density at radius 2 is 0.821 bits per heavy atom. The van der Waals surface area contributed by atoms with Gasteiger partial charge < -0.3 is 22.9 Å². The maximum absolute atomic E-state index is 15.3. The number of halogens is 4. The third-order valence-electron chi connectivity index (χ3n) is 8.96. The summed E-state index contributed by atoms with van der Waals surface area (Å²) in [6, 6.07) is 41.0. The number of alkyl halides is 4. The topological polar surface area (TPSA) is 164 Å². The number of nitrogens with zero attached hydrogens (tertiary/aromatic N) is 2. The number of carbonyl (C=O) groups excluding carboxylic acids is 2. The molecule has 282 valence electrons. The Bertz CT molecular complexity index is 2540. The summed E-state index contributed by atoms with van der Waals surface area (Å²) in [5, 5.41) is 2.98. The number of fused-ring (bicyclic) bond motifs is 4. The van der Waals surface area contributed by atoms with Crippen LogP contribution in [0.15, 0.2) is 146 Å². The van der Waals surface area contributed by atoms with Crippen molar-refractivity contribution < 1.29 is 27.2 Å². The van der Waals surface area contributed by atoms with E-state index in [1.165, 1.54) is 12.1 Å². The standard InChI is InChI=1S/C30H20F4N2.2C7H8N2O/c31-29(32,17-23-11-5-9-21-15-19-7-1-3-13-25(19)35-27(21)23)30(33,34)18-24-12-6-10-22-16-20-8-2-4-14-26(20)36-28(22)24;2*8-6-3-1-2-5(4-6)7(9)10/h1-16H,17-18H2;2*1-4H,8H2,(H2,9,10). The van der Waals surface area contributed by atoms with E-state index in [0.29, 0.717) is 55.3 Å². The Labute approximate surface area is 318 Å². The highest BCUT2D eigenvalue weighted by Gasteiger charge is 2.56. The van der Waals surface area contributed by atoms with Gasteiger partial charge in [-0.2, -0.15) is 17.6 Å². The lowest BCUT2D eigenvalue weighted by atomic mass is 9.94. The summed E-state index contributed by atoms with van der Waals surface area (Å²) >= 11 is 0. The molecule has 0 fully saturated rings. The van der Waals surface area contributed by atoms with E-state index in [9.17, 15) is 9.59 Å². The van der Waals surface area contributed by atoms with E-state index < -0.39 is 36.5 Å².